The zero-order valence-corrected chi connectivity index (χ0v) is 13.4. The molecule has 1 aromatic rings. The Morgan fingerprint density at radius 1 is 1.20 bits per heavy atom. The van der Waals surface area contributed by atoms with Gasteiger partial charge < -0.3 is 10.6 Å². The van der Waals surface area contributed by atoms with E-state index in [1.165, 1.54) is 6.07 Å². The van der Waals surface area contributed by atoms with Gasteiger partial charge in [0.1, 0.15) is 5.54 Å². The number of hydrogen-bond donors (Lipinski definition) is 2. The molecule has 0 radical (unpaired) electrons. The number of nitriles is 1. The van der Waals surface area contributed by atoms with Gasteiger partial charge in [-0.1, -0.05) is 25.3 Å². The highest BCUT2D eigenvalue weighted by Gasteiger charge is 2.33. The molecule has 0 atom stereocenters. The van der Waals surface area contributed by atoms with E-state index in [1.54, 1.807) is 0 Å². The summed E-state index contributed by atoms with van der Waals surface area (Å²) in [6, 6.07) is 6.08. The molecular formula is C17H18F3N3O2. The van der Waals surface area contributed by atoms with Crippen LogP contribution in [-0.2, 0) is 11.0 Å². The topological polar surface area (TPSA) is 82.0 Å². The molecule has 134 valence electrons. The summed E-state index contributed by atoms with van der Waals surface area (Å²) in [5, 5.41) is 14.2. The van der Waals surface area contributed by atoms with Crippen LogP contribution < -0.4 is 10.6 Å². The van der Waals surface area contributed by atoms with Crippen LogP contribution in [0.1, 0.15) is 48.0 Å². The van der Waals surface area contributed by atoms with Gasteiger partial charge in [-0.3, -0.25) is 9.59 Å². The SMILES string of the molecule is N#CC1(NC(=O)CNC(=O)c2cccc(C(F)(F)F)c2)CCCCC1. The first-order chi connectivity index (χ1) is 11.8. The first-order valence-electron chi connectivity index (χ1n) is 7.93. The van der Waals surface area contributed by atoms with E-state index in [0.29, 0.717) is 12.8 Å². The fourth-order valence-electron chi connectivity index (χ4n) is 2.83. The molecule has 0 spiro atoms. The lowest BCUT2D eigenvalue weighted by Gasteiger charge is -2.31. The van der Waals surface area contributed by atoms with E-state index in [2.05, 4.69) is 16.7 Å². The van der Waals surface area contributed by atoms with Gasteiger partial charge in [0.05, 0.1) is 18.2 Å². The van der Waals surface area contributed by atoms with Crippen LogP contribution in [0.4, 0.5) is 13.2 Å². The van der Waals surface area contributed by atoms with Crippen molar-refractivity contribution in [3.05, 3.63) is 35.4 Å². The highest BCUT2D eigenvalue weighted by atomic mass is 19.4. The molecule has 25 heavy (non-hydrogen) atoms. The van der Waals surface area contributed by atoms with Crippen molar-refractivity contribution >= 4 is 11.8 Å². The third-order valence-corrected chi connectivity index (χ3v) is 4.16. The smallest absolute Gasteiger partial charge is 0.343 e. The molecular weight excluding hydrogens is 335 g/mol. The lowest BCUT2D eigenvalue weighted by atomic mass is 9.83. The van der Waals surface area contributed by atoms with Crippen LogP contribution in [0.3, 0.4) is 0 Å². The van der Waals surface area contributed by atoms with E-state index in [-0.39, 0.29) is 5.56 Å². The van der Waals surface area contributed by atoms with E-state index in [0.717, 1.165) is 37.5 Å². The van der Waals surface area contributed by atoms with Gasteiger partial charge in [0.25, 0.3) is 5.91 Å². The zero-order chi connectivity index (χ0) is 18.5. The monoisotopic (exact) mass is 353 g/mol. The lowest BCUT2D eigenvalue weighted by Crippen LogP contribution is -2.51. The summed E-state index contributed by atoms with van der Waals surface area (Å²) in [6.07, 6.45) is -0.762. The molecule has 0 bridgehead atoms. The van der Waals surface area contributed by atoms with Gasteiger partial charge in [-0.15, -0.1) is 0 Å². The summed E-state index contributed by atoms with van der Waals surface area (Å²) in [5.74, 6) is -1.32. The quantitative estimate of drug-likeness (QED) is 0.873. The standard InChI is InChI=1S/C17H18F3N3O2/c18-17(19,20)13-6-4-5-12(9-13)15(25)22-10-14(24)23-16(11-21)7-2-1-3-8-16/h4-6,9H,1-3,7-8,10H2,(H,22,25)(H,23,24). The van der Waals surface area contributed by atoms with Crippen LogP contribution in [0.5, 0.6) is 0 Å². The third kappa shape index (κ3) is 4.95. The summed E-state index contributed by atoms with van der Waals surface area (Å²) >= 11 is 0. The molecule has 2 amide bonds. The van der Waals surface area contributed by atoms with Gasteiger partial charge in [-0.2, -0.15) is 18.4 Å². The number of amides is 2. The third-order valence-electron chi connectivity index (χ3n) is 4.16. The Labute approximate surface area is 143 Å². The van der Waals surface area contributed by atoms with Crippen molar-refractivity contribution in [1.29, 1.82) is 5.26 Å². The van der Waals surface area contributed by atoms with Gasteiger partial charge in [0.2, 0.25) is 5.91 Å². The van der Waals surface area contributed by atoms with Gasteiger partial charge in [0.15, 0.2) is 0 Å². The molecule has 0 heterocycles. The molecule has 1 aliphatic rings. The molecule has 0 unspecified atom stereocenters. The van der Waals surface area contributed by atoms with Crippen molar-refractivity contribution in [2.45, 2.75) is 43.8 Å². The summed E-state index contributed by atoms with van der Waals surface area (Å²) < 4.78 is 38.0. The normalized spacial score (nSPS) is 16.6. The summed E-state index contributed by atoms with van der Waals surface area (Å²) in [7, 11) is 0. The molecule has 2 rings (SSSR count). The van der Waals surface area contributed by atoms with Crippen molar-refractivity contribution in [1.82, 2.24) is 10.6 Å². The Hall–Kier alpha value is -2.56. The number of rotatable bonds is 4. The van der Waals surface area contributed by atoms with Crippen LogP contribution in [0.15, 0.2) is 24.3 Å². The van der Waals surface area contributed by atoms with Gasteiger partial charge in [-0.05, 0) is 31.0 Å². The Morgan fingerprint density at radius 2 is 1.88 bits per heavy atom. The first kappa shape index (κ1) is 18.8. The van der Waals surface area contributed by atoms with Crippen molar-refractivity contribution in [2.24, 2.45) is 0 Å². The van der Waals surface area contributed by atoms with Gasteiger partial charge in [-0.25, -0.2) is 0 Å². The van der Waals surface area contributed by atoms with Gasteiger partial charge >= 0.3 is 6.18 Å². The molecule has 0 aromatic heterocycles. The summed E-state index contributed by atoms with van der Waals surface area (Å²) in [6.45, 7) is -0.404. The maximum atomic E-state index is 12.7. The van der Waals surface area contributed by atoms with Crippen LogP contribution in [0.2, 0.25) is 0 Å². The predicted octanol–water partition coefficient (Wildman–Crippen LogP) is 2.78. The number of halogens is 3. The fraction of sp³-hybridized carbons (Fsp3) is 0.471. The minimum Gasteiger partial charge on any atom is -0.343 e. The van der Waals surface area contributed by atoms with E-state index >= 15 is 0 Å². The molecule has 0 saturated heterocycles. The Bertz CT molecular complexity index is 689. The van der Waals surface area contributed by atoms with E-state index in [9.17, 15) is 28.0 Å². The van der Waals surface area contributed by atoms with E-state index in [4.69, 9.17) is 0 Å². The Morgan fingerprint density at radius 3 is 2.48 bits per heavy atom. The zero-order valence-electron chi connectivity index (χ0n) is 13.4. The van der Waals surface area contributed by atoms with Crippen LogP contribution in [-0.4, -0.2) is 23.9 Å². The van der Waals surface area contributed by atoms with E-state index in [1.807, 2.05) is 0 Å². The molecule has 1 saturated carbocycles. The largest absolute Gasteiger partial charge is 0.416 e. The highest BCUT2D eigenvalue weighted by molar-refractivity contribution is 5.96. The Balaban J connectivity index is 1.93. The van der Waals surface area contributed by atoms with Crippen molar-refractivity contribution in [2.75, 3.05) is 6.54 Å². The second-order valence-corrected chi connectivity index (χ2v) is 6.06. The highest BCUT2D eigenvalue weighted by Crippen LogP contribution is 2.29. The number of nitrogens with one attached hydrogen (secondary N) is 2. The van der Waals surface area contributed by atoms with Crippen molar-refractivity contribution in [3.8, 4) is 6.07 Å². The molecule has 1 fully saturated rings. The molecule has 2 N–H and O–H groups in total. The van der Waals surface area contributed by atoms with Crippen LogP contribution in [0, 0.1) is 11.3 Å². The lowest BCUT2D eigenvalue weighted by molar-refractivity contribution is -0.137. The summed E-state index contributed by atoms with van der Waals surface area (Å²) in [5.41, 5.74) is -2.04. The minimum atomic E-state index is -4.55. The molecule has 1 aliphatic carbocycles. The predicted molar refractivity (Wildman–Crippen MR) is 83.3 cm³/mol. The molecule has 8 heteroatoms. The number of carbonyl (C=O) groups is 2. The number of alkyl halides is 3. The maximum absolute atomic E-state index is 12.7. The maximum Gasteiger partial charge on any atom is 0.416 e. The number of hydrogen-bond acceptors (Lipinski definition) is 3. The number of carbonyl (C=O) groups excluding carboxylic acids is 2. The molecule has 1 aromatic carbocycles. The minimum absolute atomic E-state index is 0.185. The molecule has 0 aliphatic heterocycles. The van der Waals surface area contributed by atoms with Crippen molar-refractivity contribution in [3.63, 3.8) is 0 Å². The average Bonchev–Trinajstić information content (AvgIpc) is 2.60. The fourth-order valence-corrected chi connectivity index (χ4v) is 2.83. The first-order valence-corrected chi connectivity index (χ1v) is 7.93. The Kier molecular flexibility index (Phi) is 5.67. The second kappa shape index (κ2) is 7.55. The molecule has 5 nitrogen and oxygen atoms in total. The van der Waals surface area contributed by atoms with Crippen molar-refractivity contribution < 1.29 is 22.8 Å². The second-order valence-electron chi connectivity index (χ2n) is 6.06. The van der Waals surface area contributed by atoms with E-state index < -0.39 is 35.6 Å². The average molecular weight is 353 g/mol. The van der Waals surface area contributed by atoms with Crippen LogP contribution in [0.25, 0.3) is 0 Å². The number of nitrogens with zero attached hydrogens (tertiary/aromatic N) is 1. The van der Waals surface area contributed by atoms with Crippen LogP contribution >= 0.6 is 0 Å². The summed E-state index contributed by atoms with van der Waals surface area (Å²) in [4.78, 5) is 23.9. The van der Waals surface area contributed by atoms with Gasteiger partial charge in [0, 0.05) is 5.56 Å². The number of benzene rings is 1.